The molecule has 10 nitrogen and oxygen atoms in total. The smallest absolute Gasteiger partial charge is 0.346 e. The Labute approximate surface area is 275 Å². The van der Waals surface area contributed by atoms with Crippen LogP contribution in [0, 0.1) is 0 Å². The van der Waals surface area contributed by atoms with Gasteiger partial charge < -0.3 is 20.1 Å². The molecular weight excluding hydrogens is 612 g/mol. The molecule has 10 heteroatoms. The van der Waals surface area contributed by atoms with E-state index in [0.717, 1.165) is 49.7 Å². The zero-order valence-electron chi connectivity index (χ0n) is 25.8. The van der Waals surface area contributed by atoms with E-state index in [-0.39, 0.29) is 38.8 Å². The first kappa shape index (κ1) is 30.7. The van der Waals surface area contributed by atoms with Crippen molar-refractivity contribution in [2.45, 2.75) is 50.4 Å². The fourth-order valence-corrected chi connectivity index (χ4v) is 6.86. The highest BCUT2D eigenvalue weighted by Crippen LogP contribution is 2.44. The predicted octanol–water partition coefficient (Wildman–Crippen LogP) is 6.84. The number of fused-ring (bicyclic) bond motifs is 2. The highest BCUT2D eigenvalue weighted by atomic mass is 16.6. The summed E-state index contributed by atoms with van der Waals surface area (Å²) in [4.78, 5) is 73.5. The molecule has 48 heavy (non-hydrogen) atoms. The molecule has 4 aromatic rings. The van der Waals surface area contributed by atoms with Gasteiger partial charge in [-0.3, -0.25) is 9.59 Å². The third kappa shape index (κ3) is 5.66. The normalized spacial score (nSPS) is 16.6. The van der Waals surface area contributed by atoms with Crippen LogP contribution >= 0.6 is 0 Å². The van der Waals surface area contributed by atoms with Crippen LogP contribution < -0.4 is 10.6 Å². The van der Waals surface area contributed by atoms with Crippen LogP contribution in [0.3, 0.4) is 0 Å². The number of nitrogens with one attached hydrogen (secondary N) is 2. The predicted molar refractivity (Wildman–Crippen MR) is 174 cm³/mol. The zero-order chi connectivity index (χ0) is 33.4. The van der Waals surface area contributed by atoms with Gasteiger partial charge in [-0.15, -0.1) is 0 Å². The lowest BCUT2D eigenvalue weighted by Crippen LogP contribution is -2.29. The molecule has 4 aromatic carbocycles. The number of hydrogen-bond donors (Lipinski definition) is 2. The zero-order valence-corrected chi connectivity index (χ0v) is 25.8. The highest BCUT2D eigenvalue weighted by Gasteiger charge is 2.35. The van der Waals surface area contributed by atoms with E-state index in [0.29, 0.717) is 11.4 Å². The summed E-state index contributed by atoms with van der Waals surface area (Å²) in [6.45, 7) is 0. The van der Waals surface area contributed by atoms with Crippen molar-refractivity contribution in [1.29, 1.82) is 0 Å². The SMILES string of the molecule is O=C(Nc1ccc(C2(c3ccc(NC(=O)c4ccc5c(c4)C(=O)OC5=O)cc3)CCCCCCC2)cc1)c1ccc2c(c1)C(=O)OC2=O. The number of carbonyl (C=O) groups is 6. The van der Waals surface area contributed by atoms with Crippen molar-refractivity contribution >= 4 is 47.1 Å². The third-order valence-electron chi connectivity index (χ3n) is 9.41. The van der Waals surface area contributed by atoms with Gasteiger partial charge in [-0.25, -0.2) is 19.2 Å². The minimum absolute atomic E-state index is 0.0762. The molecule has 1 fully saturated rings. The van der Waals surface area contributed by atoms with Crippen molar-refractivity contribution in [1.82, 2.24) is 0 Å². The standard InChI is InChI=1S/C38H30N2O8/c41-32(22-6-16-28-30(20-22)36(45)47-34(28)43)39-26-12-8-24(9-13-26)38(18-4-2-1-3-5-19-38)25-10-14-27(15-11-25)40-33(42)23-7-17-29-31(21-23)37(46)48-35(29)44/h6-17,20-21H,1-5,18-19H2,(H,39,41)(H,40,42). The average Bonchev–Trinajstić information content (AvgIpc) is 3.53. The summed E-state index contributed by atoms with van der Waals surface area (Å²) >= 11 is 0. The summed E-state index contributed by atoms with van der Waals surface area (Å²) in [7, 11) is 0. The van der Waals surface area contributed by atoms with Crippen molar-refractivity contribution < 1.29 is 38.2 Å². The monoisotopic (exact) mass is 642 g/mol. The van der Waals surface area contributed by atoms with Crippen molar-refractivity contribution in [3.63, 3.8) is 0 Å². The molecule has 0 bridgehead atoms. The number of cyclic esters (lactones) is 4. The summed E-state index contributed by atoms with van der Waals surface area (Å²) in [6, 6.07) is 24.2. The second kappa shape index (κ2) is 12.4. The van der Waals surface area contributed by atoms with Crippen molar-refractivity contribution in [2.75, 3.05) is 10.6 Å². The van der Waals surface area contributed by atoms with Crippen LogP contribution in [0.25, 0.3) is 0 Å². The molecular formula is C38H30N2O8. The first-order chi connectivity index (χ1) is 23.2. The van der Waals surface area contributed by atoms with E-state index < -0.39 is 35.7 Å². The van der Waals surface area contributed by atoms with Crippen LogP contribution in [0.2, 0.25) is 0 Å². The fourth-order valence-electron chi connectivity index (χ4n) is 6.86. The van der Waals surface area contributed by atoms with Gasteiger partial charge in [-0.1, -0.05) is 56.4 Å². The molecule has 7 rings (SSSR count). The summed E-state index contributed by atoms with van der Waals surface area (Å²) in [5.41, 5.74) is 4.07. The Morgan fingerprint density at radius 2 is 0.854 bits per heavy atom. The first-order valence-electron chi connectivity index (χ1n) is 15.9. The van der Waals surface area contributed by atoms with Gasteiger partial charge >= 0.3 is 23.9 Å². The lowest BCUT2D eigenvalue weighted by Gasteiger charge is -2.37. The second-order valence-electron chi connectivity index (χ2n) is 12.3. The van der Waals surface area contributed by atoms with E-state index in [1.54, 1.807) is 0 Å². The largest absolute Gasteiger partial charge is 0.386 e. The summed E-state index contributed by atoms with van der Waals surface area (Å²) in [5.74, 6) is -3.79. The minimum atomic E-state index is -0.764. The van der Waals surface area contributed by atoms with Crippen molar-refractivity contribution in [3.8, 4) is 0 Å². The number of rotatable bonds is 6. The fraction of sp³-hybridized carbons (Fsp3) is 0.211. The van der Waals surface area contributed by atoms with Gasteiger partial charge in [0.15, 0.2) is 0 Å². The van der Waals surface area contributed by atoms with Gasteiger partial charge in [0.05, 0.1) is 22.3 Å². The Morgan fingerprint density at radius 1 is 0.479 bits per heavy atom. The van der Waals surface area contributed by atoms with Crippen molar-refractivity contribution in [3.05, 3.63) is 129 Å². The lowest BCUT2D eigenvalue weighted by molar-refractivity contribution is 0.0425. The summed E-state index contributed by atoms with van der Waals surface area (Å²) < 4.78 is 9.26. The topological polar surface area (TPSA) is 145 Å². The molecule has 0 aromatic heterocycles. The maximum atomic E-state index is 13.0. The third-order valence-corrected chi connectivity index (χ3v) is 9.41. The quantitative estimate of drug-likeness (QED) is 0.172. The molecule has 0 saturated heterocycles. The van der Waals surface area contributed by atoms with Crippen LogP contribution in [0.1, 0.15) is 118 Å². The molecule has 0 radical (unpaired) electrons. The molecule has 0 unspecified atom stereocenters. The molecule has 2 heterocycles. The Bertz CT molecular complexity index is 1870. The number of amides is 2. The van der Waals surface area contributed by atoms with E-state index in [4.69, 9.17) is 0 Å². The number of hydrogen-bond acceptors (Lipinski definition) is 8. The van der Waals surface area contributed by atoms with Crippen LogP contribution in [-0.4, -0.2) is 35.7 Å². The molecule has 1 saturated carbocycles. The maximum Gasteiger partial charge on any atom is 0.346 e. The number of benzene rings is 4. The second-order valence-corrected chi connectivity index (χ2v) is 12.3. The van der Waals surface area contributed by atoms with Gasteiger partial charge in [0.25, 0.3) is 11.8 Å². The molecule has 0 spiro atoms. The van der Waals surface area contributed by atoms with Crippen LogP contribution in [0.15, 0.2) is 84.9 Å². The number of anilines is 2. The lowest BCUT2D eigenvalue weighted by atomic mass is 9.67. The number of esters is 4. The molecule has 240 valence electrons. The van der Waals surface area contributed by atoms with E-state index in [1.807, 2.05) is 48.5 Å². The maximum absolute atomic E-state index is 13.0. The van der Waals surface area contributed by atoms with E-state index in [9.17, 15) is 28.8 Å². The molecule has 2 aliphatic heterocycles. The van der Waals surface area contributed by atoms with Crippen LogP contribution in [0.5, 0.6) is 0 Å². The minimum Gasteiger partial charge on any atom is -0.386 e. The van der Waals surface area contributed by atoms with Gasteiger partial charge in [0.2, 0.25) is 0 Å². The molecule has 3 aliphatic rings. The molecule has 0 atom stereocenters. The highest BCUT2D eigenvalue weighted by molar-refractivity contribution is 6.17. The average molecular weight is 643 g/mol. The van der Waals surface area contributed by atoms with Gasteiger partial charge in [-0.05, 0) is 84.6 Å². The molecule has 2 amide bonds. The summed E-state index contributed by atoms with van der Waals surface area (Å²) in [5, 5.41) is 5.76. The Kier molecular flexibility index (Phi) is 7.92. The Balaban J connectivity index is 1.10. The Hall–Kier alpha value is -5.90. The van der Waals surface area contributed by atoms with Gasteiger partial charge in [0, 0.05) is 27.9 Å². The van der Waals surface area contributed by atoms with Gasteiger partial charge in [-0.2, -0.15) is 0 Å². The molecule has 2 N–H and O–H groups in total. The number of carbonyl (C=O) groups excluding carboxylic acids is 6. The van der Waals surface area contributed by atoms with E-state index in [2.05, 4.69) is 20.1 Å². The molecule has 1 aliphatic carbocycles. The first-order valence-corrected chi connectivity index (χ1v) is 15.9. The van der Waals surface area contributed by atoms with Crippen LogP contribution in [-0.2, 0) is 14.9 Å². The number of ether oxygens (including phenoxy) is 2. The van der Waals surface area contributed by atoms with E-state index in [1.165, 1.54) is 42.8 Å². The van der Waals surface area contributed by atoms with Crippen LogP contribution in [0.4, 0.5) is 11.4 Å². The Morgan fingerprint density at radius 3 is 1.27 bits per heavy atom. The summed E-state index contributed by atoms with van der Waals surface area (Å²) in [6.07, 6.45) is 7.49. The van der Waals surface area contributed by atoms with E-state index >= 15 is 0 Å². The van der Waals surface area contributed by atoms with Gasteiger partial charge in [0.1, 0.15) is 0 Å². The van der Waals surface area contributed by atoms with Crippen molar-refractivity contribution in [2.24, 2.45) is 0 Å².